The van der Waals surface area contributed by atoms with E-state index in [1.807, 2.05) is 0 Å². The first-order valence-corrected chi connectivity index (χ1v) is 14.6. The zero-order valence-corrected chi connectivity index (χ0v) is 24.2. The minimum absolute atomic E-state index is 0.0960. The summed E-state index contributed by atoms with van der Waals surface area (Å²) in [7, 11) is 0. The molecule has 10 nitrogen and oxygen atoms in total. The van der Waals surface area contributed by atoms with Gasteiger partial charge in [-0.25, -0.2) is 0 Å². The van der Waals surface area contributed by atoms with Gasteiger partial charge < -0.3 is 20.8 Å². The molecule has 2 saturated heterocycles. The van der Waals surface area contributed by atoms with Gasteiger partial charge in [0.2, 0.25) is 11.8 Å². The fraction of sp³-hybridized carbons (Fsp3) is 0.231. The monoisotopic (exact) mass is 616 g/mol. The van der Waals surface area contributed by atoms with Crippen LogP contribution in [0.4, 0.5) is 11.4 Å². The maximum atomic E-state index is 13.1. The molecule has 4 amide bonds. The van der Waals surface area contributed by atoms with Crippen LogP contribution in [0.25, 0.3) is 0 Å². The van der Waals surface area contributed by atoms with E-state index in [4.69, 9.17) is 24.4 Å². The number of phenols is 2. The number of anilines is 2. The average Bonchev–Trinajstić information content (AvgIpc) is 3.35. The van der Waals surface area contributed by atoms with E-state index in [1.54, 1.807) is 24.3 Å². The molecule has 2 aromatic carbocycles. The van der Waals surface area contributed by atoms with E-state index in [2.05, 4.69) is 10.6 Å². The van der Waals surface area contributed by atoms with E-state index >= 15 is 0 Å². The molecule has 2 fully saturated rings. The van der Waals surface area contributed by atoms with Crippen molar-refractivity contribution >= 4 is 91.6 Å². The molecule has 0 aromatic heterocycles. The minimum Gasteiger partial charge on any atom is -0.508 e. The van der Waals surface area contributed by atoms with Crippen molar-refractivity contribution in [2.75, 3.05) is 23.7 Å². The Balaban J connectivity index is 1.27. The van der Waals surface area contributed by atoms with Crippen LogP contribution in [0, 0.1) is 0 Å². The first-order chi connectivity index (χ1) is 19.1. The van der Waals surface area contributed by atoms with Crippen molar-refractivity contribution < 1.29 is 29.4 Å². The Hall–Kier alpha value is -3.46. The molecule has 2 aliphatic rings. The second-order valence-electron chi connectivity index (χ2n) is 8.70. The third-order valence-corrected chi connectivity index (χ3v) is 8.80. The van der Waals surface area contributed by atoms with Gasteiger partial charge in [0.1, 0.15) is 20.1 Å². The Morgan fingerprint density at radius 3 is 1.38 bits per heavy atom. The number of phenolic OH excluding ortho intramolecular Hbond substituents is 2. The SMILES string of the molecule is O=C(CCCN1C(=O)C(=C2SC(=S)N(CCCC(=O)Nc3ccc(O)cc3)C2=O)SC1=S)Nc1ccc(O)cc1. The van der Waals surface area contributed by atoms with E-state index in [-0.39, 0.29) is 59.1 Å². The second kappa shape index (κ2) is 13.3. The van der Waals surface area contributed by atoms with Gasteiger partial charge in [-0.05, 0) is 61.4 Å². The smallest absolute Gasteiger partial charge is 0.267 e. The highest BCUT2D eigenvalue weighted by atomic mass is 32.2. The van der Waals surface area contributed by atoms with Crippen LogP contribution in [0.15, 0.2) is 58.3 Å². The average molecular weight is 617 g/mol. The highest BCUT2D eigenvalue weighted by Gasteiger charge is 2.41. The first kappa shape index (κ1) is 29.5. The largest absolute Gasteiger partial charge is 0.508 e. The van der Waals surface area contributed by atoms with Crippen molar-refractivity contribution in [1.29, 1.82) is 0 Å². The summed E-state index contributed by atoms with van der Waals surface area (Å²) in [4.78, 5) is 53.8. The zero-order valence-electron chi connectivity index (χ0n) is 20.9. The fourth-order valence-corrected chi connectivity index (χ4v) is 6.56. The van der Waals surface area contributed by atoms with Crippen molar-refractivity contribution in [3.05, 3.63) is 58.3 Å². The number of thiocarbonyl (C=S) groups is 2. The van der Waals surface area contributed by atoms with Crippen LogP contribution in [-0.4, -0.2) is 65.4 Å². The third-order valence-electron chi connectivity index (χ3n) is 5.78. The molecule has 0 unspecified atom stereocenters. The predicted octanol–water partition coefficient (Wildman–Crippen LogP) is 4.17. The summed E-state index contributed by atoms with van der Waals surface area (Å²) in [6.45, 7) is 0.432. The predicted molar refractivity (Wildman–Crippen MR) is 163 cm³/mol. The van der Waals surface area contributed by atoms with Gasteiger partial charge in [0.05, 0.1) is 9.81 Å². The van der Waals surface area contributed by atoms with E-state index in [0.29, 0.717) is 32.9 Å². The van der Waals surface area contributed by atoms with Gasteiger partial charge in [-0.15, -0.1) is 0 Å². The number of carbonyl (C=O) groups is 4. The summed E-state index contributed by atoms with van der Waals surface area (Å²) in [5.41, 5.74) is 1.10. The molecule has 0 bridgehead atoms. The van der Waals surface area contributed by atoms with E-state index in [1.165, 1.54) is 34.1 Å². The number of amides is 4. The number of hydrogen-bond donors (Lipinski definition) is 4. The lowest BCUT2D eigenvalue weighted by Gasteiger charge is -2.14. The molecule has 14 heteroatoms. The van der Waals surface area contributed by atoms with Crippen molar-refractivity contribution in [3.8, 4) is 11.5 Å². The van der Waals surface area contributed by atoms with Gasteiger partial charge in [0, 0.05) is 37.3 Å². The number of thioether (sulfide) groups is 2. The number of carbonyl (C=O) groups excluding carboxylic acids is 4. The van der Waals surface area contributed by atoms with Crippen LogP contribution in [0.1, 0.15) is 25.7 Å². The van der Waals surface area contributed by atoms with E-state index in [0.717, 1.165) is 23.5 Å². The van der Waals surface area contributed by atoms with Gasteiger partial charge in [0.15, 0.2) is 0 Å². The maximum absolute atomic E-state index is 13.1. The molecule has 0 radical (unpaired) electrons. The number of nitrogens with one attached hydrogen (secondary N) is 2. The third kappa shape index (κ3) is 7.38. The van der Waals surface area contributed by atoms with Gasteiger partial charge >= 0.3 is 0 Å². The normalized spacial score (nSPS) is 17.1. The van der Waals surface area contributed by atoms with E-state index < -0.39 is 11.8 Å². The fourth-order valence-electron chi connectivity index (χ4n) is 3.79. The summed E-state index contributed by atoms with van der Waals surface area (Å²) in [6, 6.07) is 12.2. The van der Waals surface area contributed by atoms with Crippen molar-refractivity contribution in [2.45, 2.75) is 25.7 Å². The molecule has 208 valence electrons. The molecule has 4 N–H and O–H groups in total. The van der Waals surface area contributed by atoms with Crippen LogP contribution < -0.4 is 10.6 Å². The first-order valence-electron chi connectivity index (χ1n) is 12.1. The van der Waals surface area contributed by atoms with Gasteiger partial charge in [-0.2, -0.15) is 0 Å². The number of benzene rings is 2. The maximum Gasteiger partial charge on any atom is 0.267 e. The van der Waals surface area contributed by atoms with Crippen molar-refractivity contribution in [2.24, 2.45) is 0 Å². The van der Waals surface area contributed by atoms with Gasteiger partial charge in [-0.3, -0.25) is 29.0 Å². The van der Waals surface area contributed by atoms with Crippen molar-refractivity contribution in [3.63, 3.8) is 0 Å². The zero-order chi connectivity index (χ0) is 28.8. The van der Waals surface area contributed by atoms with Crippen LogP contribution in [0.5, 0.6) is 11.5 Å². The Morgan fingerprint density at radius 1 is 0.675 bits per heavy atom. The molecular weight excluding hydrogens is 593 g/mol. The molecule has 2 heterocycles. The summed E-state index contributed by atoms with van der Waals surface area (Å²) in [5, 5.41) is 24.1. The number of hydrogen-bond acceptors (Lipinski definition) is 10. The van der Waals surface area contributed by atoms with Crippen LogP contribution in [0.2, 0.25) is 0 Å². The lowest BCUT2D eigenvalue weighted by atomic mass is 10.2. The van der Waals surface area contributed by atoms with Crippen LogP contribution in [-0.2, 0) is 19.2 Å². The lowest BCUT2D eigenvalue weighted by molar-refractivity contribution is -0.124. The highest BCUT2D eigenvalue weighted by Crippen LogP contribution is 2.42. The topological polar surface area (TPSA) is 139 Å². The Morgan fingerprint density at radius 2 is 1.02 bits per heavy atom. The summed E-state index contributed by atoms with van der Waals surface area (Å²) in [6.07, 6.45) is 1.01. The summed E-state index contributed by atoms with van der Waals surface area (Å²) in [5.74, 6) is -1.09. The van der Waals surface area contributed by atoms with E-state index in [9.17, 15) is 29.4 Å². The standard InChI is InChI=1S/C26H24N4O6S4/c31-17-9-5-15(6-10-17)27-19(33)3-1-13-29-23(35)21(39-25(29)37)22-24(36)30(26(38)40-22)14-2-4-20(34)28-16-7-11-18(32)12-8-16/h5-12,31-32H,1-4,13-14H2,(H,27,33)(H,28,34). The number of aromatic hydroxyl groups is 2. The Bertz CT molecular complexity index is 1290. The molecule has 0 saturated carbocycles. The molecule has 2 aromatic rings. The Kier molecular flexibility index (Phi) is 9.79. The molecule has 40 heavy (non-hydrogen) atoms. The number of nitrogens with zero attached hydrogens (tertiary/aromatic N) is 2. The van der Waals surface area contributed by atoms with Gasteiger partial charge in [0.25, 0.3) is 11.8 Å². The molecule has 0 aliphatic carbocycles. The minimum atomic E-state index is -0.400. The molecule has 4 rings (SSSR count). The van der Waals surface area contributed by atoms with Crippen LogP contribution >= 0.6 is 48.0 Å². The molecular formula is C26H24N4O6S4. The highest BCUT2D eigenvalue weighted by molar-refractivity contribution is 8.29. The second-order valence-corrected chi connectivity index (χ2v) is 12.0. The number of rotatable bonds is 10. The molecule has 2 aliphatic heterocycles. The molecule has 0 atom stereocenters. The van der Waals surface area contributed by atoms with Gasteiger partial charge in [-0.1, -0.05) is 48.0 Å². The molecule has 0 spiro atoms. The summed E-state index contributed by atoms with van der Waals surface area (Å²) >= 11 is 12.8. The Labute approximate surface area is 249 Å². The summed E-state index contributed by atoms with van der Waals surface area (Å²) < 4.78 is 0.602. The quantitative estimate of drug-likeness (QED) is 0.175. The lowest BCUT2D eigenvalue weighted by Crippen LogP contribution is -2.31. The van der Waals surface area contributed by atoms with Crippen molar-refractivity contribution in [1.82, 2.24) is 9.80 Å². The van der Waals surface area contributed by atoms with Crippen LogP contribution in [0.3, 0.4) is 0 Å².